The van der Waals surface area contributed by atoms with Crippen molar-refractivity contribution in [3.8, 4) is 0 Å². The Bertz CT molecular complexity index is 1280. The summed E-state index contributed by atoms with van der Waals surface area (Å²) in [5, 5.41) is 34.2. The summed E-state index contributed by atoms with van der Waals surface area (Å²) in [6, 6.07) is -0.632. The van der Waals surface area contributed by atoms with Crippen LogP contribution in [-0.2, 0) is 33.3 Å². The lowest BCUT2D eigenvalue weighted by molar-refractivity contribution is -0.304. The second-order valence-electron chi connectivity index (χ2n) is 17.3. The van der Waals surface area contributed by atoms with Gasteiger partial charge in [0.2, 0.25) is 0 Å². The third-order valence-electron chi connectivity index (χ3n) is 12.4. The van der Waals surface area contributed by atoms with Gasteiger partial charge in [0.15, 0.2) is 12.1 Å². The van der Waals surface area contributed by atoms with E-state index in [1.807, 2.05) is 33.8 Å². The van der Waals surface area contributed by atoms with E-state index in [1.165, 1.54) is 26.9 Å². The summed E-state index contributed by atoms with van der Waals surface area (Å²) in [5.41, 5.74) is 0.954. The predicted octanol–water partition coefficient (Wildman–Crippen LogP) is 4.36. The van der Waals surface area contributed by atoms with Crippen molar-refractivity contribution < 1.29 is 48.7 Å². The highest BCUT2D eigenvalue weighted by atomic mass is 16.7. The van der Waals surface area contributed by atoms with E-state index in [9.17, 15) is 29.7 Å². The zero-order chi connectivity index (χ0) is 42.2. The standard InChI is InChI=1S/C41H71N3O8.C3H6O2/c1-8-35-32(26-44-20-13-10-14-21-44)23-27(2)15-16-33(45)28(3)24-31(17-22-43-18-11-9-12-19-43)40(29(4)34(46)25-36(47)51-35)52-41-39(49)37(42(6)7)38(48)30(5)50-41;1-3(4)5-2/h15-16,23,28-32,34-35,37-41,46,48-49H,8-14,17-22,24-26H2,1-7H3;1-2H3/b16-15+,27-23+;/t28?,29?,30-,31?,32?,34?,35?,37-,38+,39-,40?,41-;/m0./s1. The van der Waals surface area contributed by atoms with E-state index < -0.39 is 54.7 Å². The van der Waals surface area contributed by atoms with E-state index in [-0.39, 0.29) is 42.0 Å². The van der Waals surface area contributed by atoms with Crippen molar-refractivity contribution in [3.63, 3.8) is 0 Å². The molecule has 0 aromatic rings. The van der Waals surface area contributed by atoms with Gasteiger partial charge in [-0.25, -0.2) is 0 Å². The van der Waals surface area contributed by atoms with Crippen LogP contribution in [0.25, 0.3) is 0 Å². The number of ketones is 1. The molecular weight excluding hydrogens is 730 g/mol. The molecule has 3 N–H and O–H groups in total. The minimum absolute atomic E-state index is 0.0270. The van der Waals surface area contributed by atoms with Crippen molar-refractivity contribution in [2.45, 2.75) is 155 Å². The average molecular weight is 808 g/mol. The van der Waals surface area contributed by atoms with Crippen LogP contribution in [0.1, 0.15) is 106 Å². The highest BCUT2D eigenvalue weighted by Gasteiger charge is 2.47. The van der Waals surface area contributed by atoms with E-state index in [0.717, 1.165) is 70.5 Å². The number of rotatable bonds is 9. The van der Waals surface area contributed by atoms with E-state index in [4.69, 9.17) is 14.2 Å². The SMILES string of the molecule is CCC1OC(=O)CC(O)C(C)C(O[C@@H]2O[C@@H](C)[C@@H](O)[C@H](N(C)C)[C@@H]2O)C(CCN2CCCCC2)CC(C)C(=O)/C=C/C(C)=C/C1CN1CCCCC1.COC(C)=O. The van der Waals surface area contributed by atoms with E-state index >= 15 is 0 Å². The Labute approximate surface area is 343 Å². The summed E-state index contributed by atoms with van der Waals surface area (Å²) >= 11 is 0. The van der Waals surface area contributed by atoms with Crippen molar-refractivity contribution in [2.24, 2.45) is 23.7 Å². The normalized spacial score (nSPS) is 37.3. The van der Waals surface area contributed by atoms with Crippen molar-refractivity contribution in [2.75, 3.05) is 60.5 Å². The molecule has 0 amide bonds. The van der Waals surface area contributed by atoms with E-state index in [0.29, 0.717) is 19.3 Å². The van der Waals surface area contributed by atoms with Crippen LogP contribution in [-0.4, -0.2) is 157 Å². The predicted molar refractivity (Wildman–Crippen MR) is 220 cm³/mol. The van der Waals surface area contributed by atoms with Gasteiger partial charge in [0, 0.05) is 31.2 Å². The molecule has 0 aromatic carbocycles. The number of piperidine rings is 2. The van der Waals surface area contributed by atoms with Crippen molar-refractivity contribution in [1.82, 2.24) is 14.7 Å². The minimum atomic E-state index is -1.17. The number of carbonyl (C=O) groups is 3. The second kappa shape index (κ2) is 24.8. The Morgan fingerprint density at radius 2 is 1.53 bits per heavy atom. The van der Waals surface area contributed by atoms with Gasteiger partial charge in [0.1, 0.15) is 12.2 Å². The van der Waals surface area contributed by atoms with Gasteiger partial charge in [-0.2, -0.15) is 0 Å². The Balaban J connectivity index is 0.00000163. The molecule has 13 heteroatoms. The van der Waals surface area contributed by atoms with Gasteiger partial charge in [-0.15, -0.1) is 0 Å². The molecule has 0 radical (unpaired) electrons. The molecule has 0 saturated carbocycles. The van der Waals surface area contributed by atoms with Crippen LogP contribution in [0.5, 0.6) is 0 Å². The summed E-state index contributed by atoms with van der Waals surface area (Å²) in [4.78, 5) is 43.7. The Hall–Kier alpha value is -2.23. The summed E-state index contributed by atoms with van der Waals surface area (Å²) in [7, 11) is 4.95. The van der Waals surface area contributed by atoms with Gasteiger partial charge in [-0.1, -0.05) is 51.3 Å². The molecule has 12 atom stereocenters. The first kappa shape index (κ1) is 49.1. The van der Waals surface area contributed by atoms with Gasteiger partial charge in [-0.05, 0) is 118 Å². The average Bonchev–Trinajstić information content (AvgIpc) is 3.18. The van der Waals surface area contributed by atoms with E-state index in [2.05, 4.69) is 20.6 Å². The molecule has 328 valence electrons. The zero-order valence-electron chi connectivity index (χ0n) is 36.5. The molecule has 4 rings (SSSR count). The number of aliphatic hydroxyl groups excluding tert-OH is 3. The van der Waals surface area contributed by atoms with Crippen LogP contribution in [0.15, 0.2) is 23.8 Å². The highest BCUT2D eigenvalue weighted by molar-refractivity contribution is 5.91. The molecule has 0 spiro atoms. The first-order chi connectivity index (χ1) is 27.1. The lowest BCUT2D eigenvalue weighted by Crippen LogP contribution is -2.63. The quantitative estimate of drug-likeness (QED) is 0.283. The maximum absolute atomic E-state index is 13.8. The topological polar surface area (TPSA) is 159 Å². The number of methoxy groups -OCH3 is 1. The molecular formula is C44H77N3O10. The number of ether oxygens (including phenoxy) is 4. The molecule has 0 aliphatic carbocycles. The number of carbonyl (C=O) groups excluding carboxylic acids is 3. The smallest absolute Gasteiger partial charge is 0.308 e. The summed E-state index contributed by atoms with van der Waals surface area (Å²) in [5.74, 6) is -1.82. The van der Waals surface area contributed by atoms with Crippen LogP contribution in [0.3, 0.4) is 0 Å². The molecule has 57 heavy (non-hydrogen) atoms. The second-order valence-corrected chi connectivity index (χ2v) is 17.3. The monoisotopic (exact) mass is 808 g/mol. The number of likely N-dealkylation sites (N-methyl/N-ethyl adjacent to an activating group) is 1. The fraction of sp³-hybridized carbons (Fsp3) is 0.841. The Morgan fingerprint density at radius 1 is 0.930 bits per heavy atom. The number of likely N-dealkylation sites (tertiary alicyclic amines) is 2. The number of esters is 2. The molecule has 13 nitrogen and oxygen atoms in total. The number of allylic oxidation sites excluding steroid dienone is 3. The van der Waals surface area contributed by atoms with Crippen molar-refractivity contribution >= 4 is 17.7 Å². The maximum Gasteiger partial charge on any atom is 0.308 e. The molecule has 4 aliphatic rings. The third kappa shape index (κ3) is 15.7. The largest absolute Gasteiger partial charge is 0.469 e. The third-order valence-corrected chi connectivity index (χ3v) is 12.4. The first-order valence-electron chi connectivity index (χ1n) is 21.7. The van der Waals surface area contributed by atoms with Crippen LogP contribution < -0.4 is 0 Å². The van der Waals surface area contributed by atoms with Crippen LogP contribution >= 0.6 is 0 Å². The zero-order valence-corrected chi connectivity index (χ0v) is 36.5. The summed E-state index contributed by atoms with van der Waals surface area (Å²) in [6.07, 6.45) is 8.49. The molecule has 7 unspecified atom stereocenters. The number of nitrogens with zero attached hydrogens (tertiary/aromatic N) is 3. The first-order valence-corrected chi connectivity index (χ1v) is 21.7. The molecule has 0 aromatic heterocycles. The van der Waals surface area contributed by atoms with Gasteiger partial charge in [0.05, 0.1) is 44.0 Å². The van der Waals surface area contributed by atoms with Crippen LogP contribution in [0.2, 0.25) is 0 Å². The maximum atomic E-state index is 13.8. The molecule has 4 aliphatic heterocycles. The summed E-state index contributed by atoms with van der Waals surface area (Å²) < 4.78 is 23.2. The van der Waals surface area contributed by atoms with Gasteiger partial charge in [-0.3, -0.25) is 14.4 Å². The summed E-state index contributed by atoms with van der Waals surface area (Å²) in [6.45, 7) is 16.6. The fourth-order valence-corrected chi connectivity index (χ4v) is 8.83. The number of cyclic esters (lactones) is 1. The van der Waals surface area contributed by atoms with Crippen LogP contribution in [0.4, 0.5) is 0 Å². The lowest BCUT2D eigenvalue weighted by Gasteiger charge is -2.47. The number of aliphatic hydroxyl groups is 3. The molecule has 3 fully saturated rings. The molecule has 0 bridgehead atoms. The van der Waals surface area contributed by atoms with Gasteiger partial charge >= 0.3 is 11.9 Å². The fourth-order valence-electron chi connectivity index (χ4n) is 8.83. The van der Waals surface area contributed by atoms with Gasteiger partial charge in [0.25, 0.3) is 0 Å². The number of hydrogen-bond donors (Lipinski definition) is 3. The Kier molecular flexibility index (Phi) is 21.3. The Morgan fingerprint density at radius 3 is 2.09 bits per heavy atom. The molecule has 4 heterocycles. The highest BCUT2D eigenvalue weighted by Crippen LogP contribution is 2.35. The van der Waals surface area contributed by atoms with Crippen LogP contribution in [0, 0.1) is 23.7 Å². The van der Waals surface area contributed by atoms with Crippen molar-refractivity contribution in [3.05, 3.63) is 23.8 Å². The molecule has 3 saturated heterocycles. The van der Waals surface area contributed by atoms with Crippen molar-refractivity contribution in [1.29, 1.82) is 0 Å². The van der Waals surface area contributed by atoms with E-state index in [1.54, 1.807) is 32.0 Å². The number of hydrogen-bond acceptors (Lipinski definition) is 13. The minimum Gasteiger partial charge on any atom is -0.469 e. The lowest BCUT2D eigenvalue weighted by atomic mass is 9.79. The van der Waals surface area contributed by atoms with Gasteiger partial charge < -0.3 is 49.0 Å².